The van der Waals surface area contributed by atoms with Crippen molar-refractivity contribution in [3.05, 3.63) is 42.0 Å². The molecular formula is C16H18F3N5O. The third-order valence-electron chi connectivity index (χ3n) is 4.28. The molecule has 134 valence electrons. The van der Waals surface area contributed by atoms with E-state index in [1.54, 1.807) is 6.20 Å². The zero-order valence-electron chi connectivity index (χ0n) is 13.6. The largest absolute Gasteiger partial charge is 0.418 e. The van der Waals surface area contributed by atoms with Gasteiger partial charge in [0, 0.05) is 51.0 Å². The highest BCUT2D eigenvalue weighted by molar-refractivity contribution is 5.95. The average Bonchev–Trinajstić information content (AvgIpc) is 3.01. The quantitative estimate of drug-likeness (QED) is 0.919. The first-order chi connectivity index (χ1) is 11.9. The second-order valence-corrected chi connectivity index (χ2v) is 5.99. The van der Waals surface area contributed by atoms with Crippen LogP contribution in [0.2, 0.25) is 0 Å². The van der Waals surface area contributed by atoms with E-state index < -0.39 is 23.2 Å². The van der Waals surface area contributed by atoms with Gasteiger partial charge in [0.25, 0.3) is 5.91 Å². The van der Waals surface area contributed by atoms with E-state index in [1.165, 1.54) is 6.20 Å². The number of piperidine rings is 1. The Kier molecular flexibility index (Phi) is 4.65. The van der Waals surface area contributed by atoms with E-state index in [9.17, 15) is 18.0 Å². The number of imidazole rings is 1. The fourth-order valence-electron chi connectivity index (χ4n) is 2.97. The first-order valence-corrected chi connectivity index (χ1v) is 7.90. The van der Waals surface area contributed by atoms with Crippen molar-refractivity contribution in [3.8, 4) is 0 Å². The van der Waals surface area contributed by atoms with Crippen molar-refractivity contribution in [2.45, 2.75) is 25.1 Å². The van der Waals surface area contributed by atoms with Gasteiger partial charge >= 0.3 is 6.18 Å². The van der Waals surface area contributed by atoms with Crippen LogP contribution in [0.1, 0.15) is 28.8 Å². The summed E-state index contributed by atoms with van der Waals surface area (Å²) in [4.78, 5) is 22.1. The Hall–Kier alpha value is -2.58. The Balaban J connectivity index is 1.63. The molecule has 1 saturated heterocycles. The number of carbonyl (C=O) groups excluding carboxylic acids is 1. The molecule has 1 aliphatic rings. The minimum absolute atomic E-state index is 0.168. The van der Waals surface area contributed by atoms with Crippen LogP contribution < -0.4 is 10.2 Å². The molecule has 0 spiro atoms. The summed E-state index contributed by atoms with van der Waals surface area (Å²) in [6.45, 7) is 1.36. The van der Waals surface area contributed by atoms with Crippen LogP contribution >= 0.6 is 0 Å². The molecule has 1 fully saturated rings. The van der Waals surface area contributed by atoms with Gasteiger partial charge in [-0.2, -0.15) is 13.2 Å². The van der Waals surface area contributed by atoms with Crippen LogP contribution in [-0.4, -0.2) is 39.6 Å². The lowest BCUT2D eigenvalue weighted by molar-refractivity contribution is -0.138. The molecule has 3 rings (SSSR count). The number of halogens is 3. The van der Waals surface area contributed by atoms with E-state index in [4.69, 9.17) is 0 Å². The summed E-state index contributed by atoms with van der Waals surface area (Å²) in [5.74, 6) is 0.128. The predicted octanol–water partition coefficient (Wildman–Crippen LogP) is 2.23. The molecule has 6 nitrogen and oxygen atoms in total. The van der Waals surface area contributed by atoms with Crippen molar-refractivity contribution in [3.63, 3.8) is 0 Å². The number of aromatic nitrogens is 3. The summed E-state index contributed by atoms with van der Waals surface area (Å²) in [6.07, 6.45) is 2.11. The molecule has 0 bridgehead atoms. The van der Waals surface area contributed by atoms with E-state index >= 15 is 0 Å². The number of rotatable bonds is 3. The van der Waals surface area contributed by atoms with E-state index in [0.717, 1.165) is 12.0 Å². The Morgan fingerprint density at radius 3 is 2.60 bits per heavy atom. The second-order valence-electron chi connectivity index (χ2n) is 5.99. The molecule has 1 aliphatic heterocycles. The monoisotopic (exact) mass is 353 g/mol. The van der Waals surface area contributed by atoms with Gasteiger partial charge in [0.2, 0.25) is 5.95 Å². The van der Waals surface area contributed by atoms with Crippen molar-refractivity contribution < 1.29 is 18.0 Å². The molecule has 2 aromatic heterocycles. The number of hydrogen-bond donors (Lipinski definition) is 1. The molecule has 0 aliphatic carbocycles. The third kappa shape index (κ3) is 3.75. The van der Waals surface area contributed by atoms with Gasteiger partial charge in [-0.25, -0.2) is 4.98 Å². The lowest BCUT2D eigenvalue weighted by atomic mass is 10.0. The highest BCUT2D eigenvalue weighted by atomic mass is 19.4. The minimum atomic E-state index is -4.61. The summed E-state index contributed by atoms with van der Waals surface area (Å²) in [7, 11) is 1.90. The summed E-state index contributed by atoms with van der Waals surface area (Å²) >= 11 is 0. The second kappa shape index (κ2) is 6.73. The SMILES string of the molecule is Cn1ccnc1N1CCC(NC(=O)c2ccncc2C(F)(F)F)CC1. The van der Waals surface area contributed by atoms with Crippen molar-refractivity contribution in [2.75, 3.05) is 18.0 Å². The highest BCUT2D eigenvalue weighted by Gasteiger charge is 2.36. The maximum absolute atomic E-state index is 13.0. The van der Waals surface area contributed by atoms with Crippen LogP contribution in [0.15, 0.2) is 30.9 Å². The summed E-state index contributed by atoms with van der Waals surface area (Å²) in [5.41, 5.74) is -1.41. The maximum atomic E-state index is 13.0. The number of anilines is 1. The topological polar surface area (TPSA) is 63.1 Å². The standard InChI is InChI=1S/C16H18F3N5O/c1-23-9-6-21-15(23)24-7-3-11(4-8-24)22-14(25)12-2-5-20-10-13(12)16(17,18)19/h2,5-6,9-11H,3-4,7-8H2,1H3,(H,22,25). The number of pyridine rings is 1. The number of nitrogens with zero attached hydrogens (tertiary/aromatic N) is 4. The molecular weight excluding hydrogens is 335 g/mol. The summed E-state index contributed by atoms with van der Waals surface area (Å²) in [6, 6.07) is 0.930. The zero-order chi connectivity index (χ0) is 18.0. The Labute approximate surface area is 142 Å². The van der Waals surface area contributed by atoms with Gasteiger partial charge in [-0.05, 0) is 18.9 Å². The summed E-state index contributed by atoms with van der Waals surface area (Å²) < 4.78 is 40.9. The molecule has 1 N–H and O–H groups in total. The molecule has 0 aromatic carbocycles. The van der Waals surface area contributed by atoms with Gasteiger partial charge in [-0.15, -0.1) is 0 Å². The van der Waals surface area contributed by atoms with Crippen LogP contribution in [0.4, 0.5) is 19.1 Å². The first-order valence-electron chi connectivity index (χ1n) is 7.90. The fourth-order valence-corrected chi connectivity index (χ4v) is 2.97. The van der Waals surface area contributed by atoms with Crippen molar-refractivity contribution in [2.24, 2.45) is 7.05 Å². The Bertz CT molecular complexity index is 750. The van der Waals surface area contributed by atoms with Gasteiger partial charge in [0.05, 0.1) is 11.1 Å². The molecule has 25 heavy (non-hydrogen) atoms. The fraction of sp³-hybridized carbons (Fsp3) is 0.438. The number of alkyl halides is 3. The van der Waals surface area contributed by atoms with Crippen LogP contribution in [0, 0.1) is 0 Å². The number of nitrogens with one attached hydrogen (secondary N) is 1. The van der Waals surface area contributed by atoms with E-state index in [0.29, 0.717) is 32.1 Å². The molecule has 9 heteroatoms. The van der Waals surface area contributed by atoms with Gasteiger partial charge in [0.15, 0.2) is 0 Å². The van der Waals surface area contributed by atoms with Gasteiger partial charge in [-0.1, -0.05) is 0 Å². The smallest absolute Gasteiger partial charge is 0.349 e. The zero-order valence-corrected chi connectivity index (χ0v) is 13.6. The van der Waals surface area contributed by atoms with E-state index in [2.05, 4.69) is 20.2 Å². The highest BCUT2D eigenvalue weighted by Crippen LogP contribution is 2.31. The maximum Gasteiger partial charge on any atom is 0.418 e. The third-order valence-corrected chi connectivity index (χ3v) is 4.28. The number of hydrogen-bond acceptors (Lipinski definition) is 4. The number of aryl methyl sites for hydroxylation is 1. The number of amides is 1. The molecule has 0 unspecified atom stereocenters. The Morgan fingerprint density at radius 1 is 1.28 bits per heavy atom. The normalized spacial score (nSPS) is 16.1. The minimum Gasteiger partial charge on any atom is -0.349 e. The van der Waals surface area contributed by atoms with Gasteiger partial charge in [-0.3, -0.25) is 9.78 Å². The molecule has 0 saturated carbocycles. The van der Waals surface area contributed by atoms with Gasteiger partial charge in [0.1, 0.15) is 0 Å². The lowest BCUT2D eigenvalue weighted by Crippen LogP contribution is -2.45. The molecule has 2 aromatic rings. The lowest BCUT2D eigenvalue weighted by Gasteiger charge is -2.33. The Morgan fingerprint density at radius 2 is 2.00 bits per heavy atom. The van der Waals surface area contributed by atoms with Crippen LogP contribution in [0.5, 0.6) is 0 Å². The molecule has 1 amide bonds. The molecule has 3 heterocycles. The summed E-state index contributed by atoms with van der Waals surface area (Å²) in [5, 5.41) is 2.71. The predicted molar refractivity (Wildman–Crippen MR) is 85.1 cm³/mol. The van der Waals surface area contributed by atoms with Crippen LogP contribution in [-0.2, 0) is 13.2 Å². The van der Waals surface area contributed by atoms with Crippen LogP contribution in [0.3, 0.4) is 0 Å². The average molecular weight is 353 g/mol. The van der Waals surface area contributed by atoms with Gasteiger partial charge < -0.3 is 14.8 Å². The molecule has 0 radical (unpaired) electrons. The first kappa shape index (κ1) is 17.2. The molecule has 0 atom stereocenters. The van der Waals surface area contributed by atoms with Crippen molar-refractivity contribution in [1.29, 1.82) is 0 Å². The van der Waals surface area contributed by atoms with E-state index in [1.807, 2.05) is 17.8 Å². The van der Waals surface area contributed by atoms with Crippen molar-refractivity contribution in [1.82, 2.24) is 19.9 Å². The van der Waals surface area contributed by atoms with Crippen LogP contribution in [0.25, 0.3) is 0 Å². The van der Waals surface area contributed by atoms with E-state index in [-0.39, 0.29) is 6.04 Å². The number of carbonyl (C=O) groups is 1. The van der Waals surface area contributed by atoms with Crippen molar-refractivity contribution >= 4 is 11.9 Å².